The van der Waals surface area contributed by atoms with Gasteiger partial charge in [-0.15, -0.1) is 11.3 Å². The molecular weight excluding hydrogens is 242 g/mol. The van der Waals surface area contributed by atoms with Gasteiger partial charge in [-0.05, 0) is 11.4 Å². The summed E-state index contributed by atoms with van der Waals surface area (Å²) in [4.78, 5) is 27.2. The number of imidazole rings is 1. The molecular formula is C10H9N3O3S. The third kappa shape index (κ3) is 2.34. The number of rotatable bonds is 2. The van der Waals surface area contributed by atoms with Crippen molar-refractivity contribution in [3.8, 4) is 0 Å². The highest BCUT2D eigenvalue weighted by atomic mass is 32.1. The molecule has 2 heterocycles. The number of hydrogen-bond donors (Lipinski definition) is 1. The molecule has 0 fully saturated rings. The summed E-state index contributed by atoms with van der Waals surface area (Å²) in [5, 5.41) is 4.31. The van der Waals surface area contributed by atoms with Gasteiger partial charge in [0.2, 0.25) is 0 Å². The van der Waals surface area contributed by atoms with Crippen molar-refractivity contribution in [2.75, 3.05) is 12.4 Å². The normalized spacial score (nSPS) is 9.94. The van der Waals surface area contributed by atoms with Crippen molar-refractivity contribution < 1.29 is 14.3 Å². The molecule has 0 atom stereocenters. The quantitative estimate of drug-likeness (QED) is 0.826. The molecule has 0 aliphatic heterocycles. The predicted octanol–water partition coefficient (Wildman–Crippen LogP) is 1.81. The Kier molecular flexibility index (Phi) is 3.20. The maximum atomic E-state index is 11.7. The van der Waals surface area contributed by atoms with Gasteiger partial charge in [0.1, 0.15) is 11.2 Å². The molecule has 0 unspecified atom stereocenters. The van der Waals surface area contributed by atoms with Crippen LogP contribution in [0.1, 0.15) is 9.67 Å². The molecule has 0 aliphatic carbocycles. The van der Waals surface area contributed by atoms with Crippen LogP contribution in [0.5, 0.6) is 0 Å². The number of aromatic nitrogens is 2. The lowest BCUT2D eigenvalue weighted by Gasteiger charge is -2.05. The van der Waals surface area contributed by atoms with Crippen LogP contribution in [0.3, 0.4) is 0 Å². The number of carbonyl (C=O) groups is 2. The van der Waals surface area contributed by atoms with Crippen LogP contribution < -0.4 is 5.32 Å². The van der Waals surface area contributed by atoms with Gasteiger partial charge in [-0.25, -0.2) is 14.6 Å². The summed E-state index contributed by atoms with van der Waals surface area (Å²) in [6.45, 7) is 0. The van der Waals surface area contributed by atoms with Crippen molar-refractivity contribution in [3.63, 3.8) is 0 Å². The van der Waals surface area contributed by atoms with Crippen molar-refractivity contribution in [3.05, 3.63) is 35.0 Å². The fraction of sp³-hybridized carbons (Fsp3) is 0.100. The van der Waals surface area contributed by atoms with Crippen LogP contribution in [0.15, 0.2) is 30.2 Å². The first kappa shape index (κ1) is 11.3. The number of esters is 1. The van der Waals surface area contributed by atoms with Gasteiger partial charge in [-0.2, -0.15) is 0 Å². The molecule has 2 aromatic rings. The lowest BCUT2D eigenvalue weighted by Crippen LogP contribution is -2.18. The van der Waals surface area contributed by atoms with Gasteiger partial charge >= 0.3 is 12.0 Å². The molecule has 1 N–H and O–H groups in total. The van der Waals surface area contributed by atoms with Crippen LogP contribution in [0.4, 0.5) is 10.5 Å². The number of ether oxygens (including phenoxy) is 1. The molecule has 0 bridgehead atoms. The molecule has 2 rings (SSSR count). The van der Waals surface area contributed by atoms with Crippen molar-refractivity contribution >= 4 is 29.0 Å². The number of carbonyl (C=O) groups excluding carboxylic acids is 2. The van der Waals surface area contributed by atoms with Gasteiger partial charge in [0, 0.05) is 12.4 Å². The lowest BCUT2D eigenvalue weighted by molar-refractivity contribution is 0.0607. The van der Waals surface area contributed by atoms with Crippen LogP contribution in [-0.2, 0) is 4.74 Å². The number of amides is 1. The molecule has 2 aromatic heterocycles. The average Bonchev–Trinajstić information content (AvgIpc) is 2.98. The third-order valence-electron chi connectivity index (χ3n) is 2.02. The second-order valence-corrected chi connectivity index (χ2v) is 3.97. The molecule has 0 aromatic carbocycles. The van der Waals surface area contributed by atoms with Gasteiger partial charge in [0.15, 0.2) is 0 Å². The van der Waals surface area contributed by atoms with Crippen LogP contribution >= 0.6 is 11.3 Å². The zero-order valence-electron chi connectivity index (χ0n) is 8.91. The SMILES string of the molecule is COC(=O)c1sccc1NC(=O)n1ccnc1. The van der Waals surface area contributed by atoms with Crippen LogP contribution in [0.2, 0.25) is 0 Å². The number of anilines is 1. The Labute approximate surface area is 101 Å². The molecule has 88 valence electrons. The Morgan fingerprint density at radius 1 is 1.53 bits per heavy atom. The molecule has 17 heavy (non-hydrogen) atoms. The van der Waals surface area contributed by atoms with E-state index in [2.05, 4.69) is 15.0 Å². The molecule has 6 nitrogen and oxygen atoms in total. The van der Waals surface area contributed by atoms with E-state index in [1.807, 2.05) is 0 Å². The van der Waals surface area contributed by atoms with Gasteiger partial charge in [0.05, 0.1) is 12.8 Å². The second-order valence-electron chi connectivity index (χ2n) is 3.06. The number of hydrogen-bond acceptors (Lipinski definition) is 5. The highest BCUT2D eigenvalue weighted by molar-refractivity contribution is 7.12. The Balaban J connectivity index is 2.17. The number of thiophene rings is 1. The Hall–Kier alpha value is -2.15. The molecule has 0 radical (unpaired) electrons. The van der Waals surface area contributed by atoms with Gasteiger partial charge in [-0.3, -0.25) is 4.57 Å². The molecule has 7 heteroatoms. The van der Waals surface area contributed by atoms with Crippen molar-refractivity contribution in [1.29, 1.82) is 0 Å². The van der Waals surface area contributed by atoms with Crippen molar-refractivity contribution in [2.45, 2.75) is 0 Å². The molecule has 0 saturated heterocycles. The van der Waals surface area contributed by atoms with Gasteiger partial charge < -0.3 is 10.1 Å². The standard InChI is InChI=1S/C10H9N3O3S/c1-16-9(14)8-7(2-5-17-8)12-10(15)13-4-3-11-6-13/h2-6H,1H3,(H,12,15). The van der Waals surface area contributed by atoms with Gasteiger partial charge in [-0.1, -0.05) is 0 Å². The Morgan fingerprint density at radius 3 is 3.00 bits per heavy atom. The largest absolute Gasteiger partial charge is 0.465 e. The maximum Gasteiger partial charge on any atom is 0.350 e. The molecule has 1 amide bonds. The van der Waals surface area contributed by atoms with Crippen LogP contribution in [0.25, 0.3) is 0 Å². The average molecular weight is 251 g/mol. The summed E-state index contributed by atoms with van der Waals surface area (Å²) >= 11 is 1.21. The predicted molar refractivity (Wildman–Crippen MR) is 62.3 cm³/mol. The highest BCUT2D eigenvalue weighted by Crippen LogP contribution is 2.23. The third-order valence-corrected chi connectivity index (χ3v) is 2.91. The Bertz CT molecular complexity index is 533. The van der Waals surface area contributed by atoms with E-state index in [0.717, 1.165) is 0 Å². The van der Waals surface area contributed by atoms with E-state index in [0.29, 0.717) is 10.6 Å². The summed E-state index contributed by atoms with van der Waals surface area (Å²) < 4.78 is 5.89. The van der Waals surface area contributed by atoms with E-state index in [4.69, 9.17) is 0 Å². The van der Waals surface area contributed by atoms with E-state index in [1.54, 1.807) is 11.4 Å². The molecule has 0 aliphatic rings. The Morgan fingerprint density at radius 2 is 2.35 bits per heavy atom. The van der Waals surface area contributed by atoms with E-state index in [1.165, 1.54) is 41.7 Å². The first-order valence-electron chi connectivity index (χ1n) is 4.67. The van der Waals surface area contributed by atoms with E-state index in [9.17, 15) is 9.59 Å². The second kappa shape index (κ2) is 4.79. The molecule has 0 saturated carbocycles. The summed E-state index contributed by atoms with van der Waals surface area (Å²) in [5.41, 5.74) is 0.431. The minimum Gasteiger partial charge on any atom is -0.465 e. The summed E-state index contributed by atoms with van der Waals surface area (Å²) in [6, 6.07) is 1.26. The first-order chi connectivity index (χ1) is 8.22. The first-order valence-corrected chi connectivity index (χ1v) is 5.55. The van der Waals surface area contributed by atoms with Crippen LogP contribution in [0, 0.1) is 0 Å². The summed E-state index contributed by atoms with van der Waals surface area (Å²) in [5.74, 6) is -0.471. The van der Waals surface area contributed by atoms with Crippen molar-refractivity contribution in [1.82, 2.24) is 9.55 Å². The fourth-order valence-electron chi connectivity index (χ4n) is 1.22. The van der Waals surface area contributed by atoms with E-state index < -0.39 is 5.97 Å². The topological polar surface area (TPSA) is 73.2 Å². The number of nitrogens with zero attached hydrogens (tertiary/aromatic N) is 2. The monoisotopic (exact) mass is 251 g/mol. The minimum atomic E-state index is -0.471. The zero-order valence-corrected chi connectivity index (χ0v) is 9.73. The maximum absolute atomic E-state index is 11.7. The van der Waals surface area contributed by atoms with Crippen molar-refractivity contribution in [2.24, 2.45) is 0 Å². The van der Waals surface area contributed by atoms with Gasteiger partial charge in [0.25, 0.3) is 0 Å². The molecule has 0 spiro atoms. The van der Waals surface area contributed by atoms with E-state index in [-0.39, 0.29) is 6.03 Å². The van der Waals surface area contributed by atoms with Crippen LogP contribution in [-0.4, -0.2) is 28.7 Å². The highest BCUT2D eigenvalue weighted by Gasteiger charge is 2.15. The smallest absolute Gasteiger partial charge is 0.350 e. The number of methoxy groups -OCH3 is 1. The number of nitrogens with one attached hydrogen (secondary N) is 1. The fourth-order valence-corrected chi connectivity index (χ4v) is 1.98. The summed E-state index contributed by atoms with van der Waals surface area (Å²) in [7, 11) is 1.30. The summed E-state index contributed by atoms with van der Waals surface area (Å²) in [6.07, 6.45) is 4.38. The van der Waals surface area contributed by atoms with E-state index >= 15 is 0 Å². The zero-order chi connectivity index (χ0) is 12.3. The lowest BCUT2D eigenvalue weighted by atomic mass is 10.4. The minimum absolute atomic E-state index is 0.362.